The summed E-state index contributed by atoms with van der Waals surface area (Å²) in [5, 5.41) is 7.43. The van der Waals surface area contributed by atoms with Crippen LogP contribution in [0.25, 0.3) is 0 Å². The van der Waals surface area contributed by atoms with Gasteiger partial charge < -0.3 is 15.5 Å². The summed E-state index contributed by atoms with van der Waals surface area (Å²) < 4.78 is 0. The standard InChI is InChI=1S/C19H25ClN4.HI/c1-21-19(23-13-16-9-6-7-11-18(16)20)22-12-15-8-4-5-10-17(15)14-24(2)3;/h4-11H,12-14H2,1-3H3,(H2,21,22,23);1H. The molecule has 2 N–H and O–H groups in total. The molecule has 0 saturated carbocycles. The van der Waals surface area contributed by atoms with Gasteiger partial charge in [0.25, 0.3) is 0 Å². The number of hydrogen-bond donors (Lipinski definition) is 2. The molecule has 0 atom stereocenters. The quantitative estimate of drug-likeness (QED) is 0.381. The predicted octanol–water partition coefficient (Wildman–Crippen LogP) is 3.88. The minimum absolute atomic E-state index is 0. The Morgan fingerprint density at radius 1 is 0.920 bits per heavy atom. The fourth-order valence-corrected chi connectivity index (χ4v) is 2.65. The molecule has 2 aromatic carbocycles. The van der Waals surface area contributed by atoms with Crippen LogP contribution in [0.1, 0.15) is 16.7 Å². The van der Waals surface area contributed by atoms with Gasteiger partial charge in [0.15, 0.2) is 5.96 Å². The molecule has 0 saturated heterocycles. The van der Waals surface area contributed by atoms with Gasteiger partial charge in [-0.2, -0.15) is 0 Å². The Morgan fingerprint density at radius 3 is 2.00 bits per heavy atom. The molecule has 0 fully saturated rings. The van der Waals surface area contributed by atoms with Gasteiger partial charge in [0.05, 0.1) is 0 Å². The molecule has 0 heterocycles. The van der Waals surface area contributed by atoms with E-state index in [1.165, 1.54) is 11.1 Å². The van der Waals surface area contributed by atoms with Crippen molar-refractivity contribution in [1.29, 1.82) is 0 Å². The topological polar surface area (TPSA) is 39.7 Å². The zero-order valence-corrected chi connectivity index (χ0v) is 18.0. The van der Waals surface area contributed by atoms with E-state index in [4.69, 9.17) is 11.6 Å². The van der Waals surface area contributed by atoms with E-state index in [9.17, 15) is 0 Å². The third-order valence-corrected chi connectivity index (χ3v) is 4.05. The van der Waals surface area contributed by atoms with Crippen LogP contribution in [0, 0.1) is 0 Å². The van der Waals surface area contributed by atoms with Crippen molar-refractivity contribution in [1.82, 2.24) is 15.5 Å². The fourth-order valence-electron chi connectivity index (χ4n) is 2.45. The van der Waals surface area contributed by atoms with Gasteiger partial charge in [0.1, 0.15) is 0 Å². The first-order chi connectivity index (χ1) is 11.6. The molecule has 0 radical (unpaired) electrons. The van der Waals surface area contributed by atoms with Crippen LogP contribution in [0.4, 0.5) is 0 Å². The van der Waals surface area contributed by atoms with Crippen molar-refractivity contribution < 1.29 is 0 Å². The van der Waals surface area contributed by atoms with Gasteiger partial charge in [-0.1, -0.05) is 54.1 Å². The summed E-state index contributed by atoms with van der Waals surface area (Å²) in [6, 6.07) is 16.3. The van der Waals surface area contributed by atoms with Gasteiger partial charge in [0, 0.05) is 31.7 Å². The molecule has 6 heteroatoms. The van der Waals surface area contributed by atoms with Gasteiger partial charge in [-0.25, -0.2) is 0 Å². The number of rotatable bonds is 6. The Hall–Kier alpha value is -1.31. The minimum Gasteiger partial charge on any atom is -0.352 e. The lowest BCUT2D eigenvalue weighted by molar-refractivity contribution is 0.400. The lowest BCUT2D eigenvalue weighted by atomic mass is 10.1. The van der Waals surface area contributed by atoms with Gasteiger partial charge in [-0.15, -0.1) is 24.0 Å². The zero-order chi connectivity index (χ0) is 17.4. The average Bonchev–Trinajstić information content (AvgIpc) is 2.57. The first-order valence-corrected chi connectivity index (χ1v) is 8.37. The molecule has 2 aromatic rings. The fraction of sp³-hybridized carbons (Fsp3) is 0.316. The molecule has 4 nitrogen and oxygen atoms in total. The van der Waals surface area contributed by atoms with Crippen molar-refractivity contribution in [3.8, 4) is 0 Å². The van der Waals surface area contributed by atoms with Crippen molar-refractivity contribution in [2.75, 3.05) is 21.1 Å². The SMILES string of the molecule is CN=C(NCc1ccccc1Cl)NCc1ccccc1CN(C)C.I. The molecule has 0 aliphatic heterocycles. The second kappa shape index (κ2) is 11.3. The van der Waals surface area contributed by atoms with E-state index in [-0.39, 0.29) is 24.0 Å². The smallest absolute Gasteiger partial charge is 0.191 e. The number of benzene rings is 2. The molecule has 0 aliphatic rings. The Bertz CT molecular complexity index is 689. The molecule has 2 rings (SSSR count). The van der Waals surface area contributed by atoms with Gasteiger partial charge >= 0.3 is 0 Å². The maximum Gasteiger partial charge on any atom is 0.191 e. The van der Waals surface area contributed by atoms with Crippen LogP contribution in [0.5, 0.6) is 0 Å². The lowest BCUT2D eigenvalue weighted by Gasteiger charge is -2.16. The van der Waals surface area contributed by atoms with E-state index >= 15 is 0 Å². The second-order valence-corrected chi connectivity index (χ2v) is 6.28. The summed E-state index contributed by atoms with van der Waals surface area (Å²) in [4.78, 5) is 6.45. The molecule has 0 bridgehead atoms. The van der Waals surface area contributed by atoms with Crippen molar-refractivity contribution in [3.63, 3.8) is 0 Å². The van der Waals surface area contributed by atoms with Crippen LogP contribution in [0.3, 0.4) is 0 Å². The number of nitrogens with zero attached hydrogens (tertiary/aromatic N) is 2. The Kier molecular flexibility index (Phi) is 9.85. The van der Waals surface area contributed by atoms with E-state index in [0.717, 1.165) is 29.6 Å². The number of halogens is 2. The maximum atomic E-state index is 6.19. The average molecular weight is 473 g/mol. The Morgan fingerprint density at radius 2 is 1.44 bits per heavy atom. The van der Waals surface area contributed by atoms with Crippen LogP contribution in [0.15, 0.2) is 53.5 Å². The molecular formula is C19H26ClIN4. The van der Waals surface area contributed by atoms with Gasteiger partial charge in [-0.05, 0) is 36.9 Å². The molecule has 25 heavy (non-hydrogen) atoms. The zero-order valence-electron chi connectivity index (χ0n) is 14.9. The van der Waals surface area contributed by atoms with Crippen molar-refractivity contribution in [2.24, 2.45) is 4.99 Å². The van der Waals surface area contributed by atoms with Crippen LogP contribution < -0.4 is 10.6 Å². The normalized spacial score (nSPS) is 11.2. The first kappa shape index (κ1) is 21.7. The molecule has 0 unspecified atom stereocenters. The highest BCUT2D eigenvalue weighted by molar-refractivity contribution is 14.0. The summed E-state index contributed by atoms with van der Waals surface area (Å²) in [7, 11) is 5.93. The second-order valence-electron chi connectivity index (χ2n) is 5.88. The van der Waals surface area contributed by atoms with Crippen molar-refractivity contribution in [3.05, 3.63) is 70.2 Å². The minimum atomic E-state index is 0. The molecule has 0 amide bonds. The summed E-state index contributed by atoms with van der Waals surface area (Å²) in [5.74, 6) is 0.759. The molecular weight excluding hydrogens is 447 g/mol. The van der Waals surface area contributed by atoms with E-state index in [0.29, 0.717) is 6.54 Å². The summed E-state index contributed by atoms with van der Waals surface area (Å²) in [6.07, 6.45) is 0. The van der Waals surface area contributed by atoms with E-state index in [1.807, 2.05) is 24.3 Å². The summed E-state index contributed by atoms with van der Waals surface area (Å²) in [5.41, 5.74) is 3.64. The van der Waals surface area contributed by atoms with Gasteiger partial charge in [0.2, 0.25) is 0 Å². The maximum absolute atomic E-state index is 6.19. The largest absolute Gasteiger partial charge is 0.352 e. The van der Waals surface area contributed by atoms with Crippen molar-refractivity contribution in [2.45, 2.75) is 19.6 Å². The number of aliphatic imine (C=N–C) groups is 1. The molecule has 0 aliphatic carbocycles. The highest BCUT2D eigenvalue weighted by Crippen LogP contribution is 2.14. The number of hydrogen-bond acceptors (Lipinski definition) is 2. The molecule has 0 spiro atoms. The van der Waals surface area contributed by atoms with E-state index < -0.39 is 0 Å². The predicted molar refractivity (Wildman–Crippen MR) is 118 cm³/mol. The molecule has 136 valence electrons. The first-order valence-electron chi connectivity index (χ1n) is 7.99. The highest BCUT2D eigenvalue weighted by atomic mass is 127. The monoisotopic (exact) mass is 472 g/mol. The third kappa shape index (κ3) is 7.22. The van der Waals surface area contributed by atoms with E-state index in [1.54, 1.807) is 7.05 Å². The molecule has 0 aromatic heterocycles. The summed E-state index contributed by atoms with van der Waals surface area (Å²) >= 11 is 6.19. The van der Waals surface area contributed by atoms with Crippen LogP contribution >= 0.6 is 35.6 Å². The van der Waals surface area contributed by atoms with Gasteiger partial charge in [-0.3, -0.25) is 4.99 Å². The summed E-state index contributed by atoms with van der Waals surface area (Å²) in [6.45, 7) is 2.29. The lowest BCUT2D eigenvalue weighted by Crippen LogP contribution is -2.36. The van der Waals surface area contributed by atoms with E-state index in [2.05, 4.69) is 58.9 Å². The van der Waals surface area contributed by atoms with Crippen LogP contribution in [0.2, 0.25) is 5.02 Å². The highest BCUT2D eigenvalue weighted by Gasteiger charge is 2.05. The van der Waals surface area contributed by atoms with Crippen LogP contribution in [-0.4, -0.2) is 32.0 Å². The van der Waals surface area contributed by atoms with Crippen molar-refractivity contribution >= 4 is 41.5 Å². The van der Waals surface area contributed by atoms with Crippen LogP contribution in [-0.2, 0) is 19.6 Å². The Balaban J connectivity index is 0.00000312. The number of nitrogens with one attached hydrogen (secondary N) is 2. The third-order valence-electron chi connectivity index (χ3n) is 3.68. The Labute approximate surface area is 172 Å². The number of guanidine groups is 1.